The van der Waals surface area contributed by atoms with E-state index in [4.69, 9.17) is 5.73 Å². The summed E-state index contributed by atoms with van der Waals surface area (Å²) in [4.78, 5) is 0. The first-order valence-electron chi connectivity index (χ1n) is 5.81. The van der Waals surface area contributed by atoms with Gasteiger partial charge in [0.2, 0.25) is 0 Å². The molecule has 2 aliphatic carbocycles. The summed E-state index contributed by atoms with van der Waals surface area (Å²) in [6.45, 7) is 1.05. The standard InChI is InChI=1S/C11H22N2/c12-11(7-3-4-8-11)9-13-10-5-1-2-6-10/h10,13H,1-9,12H2. The Morgan fingerprint density at radius 3 is 2.31 bits per heavy atom. The molecule has 0 aromatic rings. The Balaban J connectivity index is 1.71. The molecule has 76 valence electrons. The van der Waals surface area contributed by atoms with Gasteiger partial charge in [0, 0.05) is 18.1 Å². The Morgan fingerprint density at radius 2 is 1.69 bits per heavy atom. The average Bonchev–Trinajstić information content (AvgIpc) is 2.72. The molecule has 0 spiro atoms. The highest BCUT2D eigenvalue weighted by Crippen LogP contribution is 2.27. The third kappa shape index (κ3) is 2.44. The van der Waals surface area contributed by atoms with E-state index in [2.05, 4.69) is 5.32 Å². The van der Waals surface area contributed by atoms with E-state index in [-0.39, 0.29) is 5.54 Å². The van der Waals surface area contributed by atoms with Crippen molar-refractivity contribution in [1.82, 2.24) is 5.32 Å². The van der Waals surface area contributed by atoms with Crippen molar-refractivity contribution in [2.24, 2.45) is 5.73 Å². The molecular formula is C11H22N2. The molecule has 0 amide bonds. The van der Waals surface area contributed by atoms with Gasteiger partial charge in [0.15, 0.2) is 0 Å². The molecule has 2 fully saturated rings. The first-order valence-corrected chi connectivity index (χ1v) is 5.81. The normalized spacial score (nSPS) is 28.4. The van der Waals surface area contributed by atoms with Crippen molar-refractivity contribution in [3.05, 3.63) is 0 Å². The van der Waals surface area contributed by atoms with Crippen molar-refractivity contribution in [1.29, 1.82) is 0 Å². The van der Waals surface area contributed by atoms with Crippen LogP contribution in [0.3, 0.4) is 0 Å². The van der Waals surface area contributed by atoms with Gasteiger partial charge >= 0.3 is 0 Å². The summed E-state index contributed by atoms with van der Waals surface area (Å²) in [6.07, 6.45) is 10.7. The Morgan fingerprint density at radius 1 is 1.08 bits per heavy atom. The lowest BCUT2D eigenvalue weighted by Crippen LogP contribution is -2.48. The summed E-state index contributed by atoms with van der Waals surface area (Å²) in [5, 5.41) is 3.64. The van der Waals surface area contributed by atoms with Crippen LogP contribution in [0.1, 0.15) is 51.4 Å². The molecule has 0 saturated heterocycles. The van der Waals surface area contributed by atoms with Gasteiger partial charge in [-0.1, -0.05) is 25.7 Å². The fourth-order valence-corrected chi connectivity index (χ4v) is 2.73. The predicted octanol–water partition coefficient (Wildman–Crippen LogP) is 1.79. The summed E-state index contributed by atoms with van der Waals surface area (Å²) in [5.74, 6) is 0. The molecule has 2 heteroatoms. The van der Waals surface area contributed by atoms with Crippen molar-refractivity contribution in [3.8, 4) is 0 Å². The molecule has 0 radical (unpaired) electrons. The second-order valence-electron chi connectivity index (χ2n) is 4.93. The van der Waals surface area contributed by atoms with Gasteiger partial charge in [-0.2, -0.15) is 0 Å². The molecule has 0 bridgehead atoms. The summed E-state index contributed by atoms with van der Waals surface area (Å²) in [7, 11) is 0. The second-order valence-corrected chi connectivity index (χ2v) is 4.93. The Labute approximate surface area is 81.3 Å². The van der Waals surface area contributed by atoms with Crippen molar-refractivity contribution < 1.29 is 0 Å². The molecule has 0 unspecified atom stereocenters. The van der Waals surface area contributed by atoms with Crippen LogP contribution in [0.25, 0.3) is 0 Å². The second kappa shape index (κ2) is 3.97. The molecule has 2 rings (SSSR count). The molecule has 13 heavy (non-hydrogen) atoms. The minimum atomic E-state index is 0.141. The van der Waals surface area contributed by atoms with Gasteiger partial charge in [0.1, 0.15) is 0 Å². The van der Waals surface area contributed by atoms with E-state index in [9.17, 15) is 0 Å². The van der Waals surface area contributed by atoms with Gasteiger partial charge in [-0.05, 0) is 25.7 Å². The molecule has 3 N–H and O–H groups in total. The zero-order valence-electron chi connectivity index (χ0n) is 8.52. The summed E-state index contributed by atoms with van der Waals surface area (Å²) >= 11 is 0. The summed E-state index contributed by atoms with van der Waals surface area (Å²) in [6, 6.07) is 0.779. The molecule has 0 aromatic carbocycles. The average molecular weight is 182 g/mol. The lowest BCUT2D eigenvalue weighted by molar-refractivity contribution is 0.374. The van der Waals surface area contributed by atoms with Crippen molar-refractivity contribution >= 4 is 0 Å². The highest BCUT2D eigenvalue weighted by atomic mass is 15.0. The van der Waals surface area contributed by atoms with Crippen molar-refractivity contribution in [2.75, 3.05) is 6.54 Å². The molecule has 0 aliphatic heterocycles. The third-order valence-corrected chi connectivity index (χ3v) is 3.70. The smallest absolute Gasteiger partial charge is 0.0280 e. The maximum absolute atomic E-state index is 6.27. The van der Waals surface area contributed by atoms with E-state index in [1.165, 1.54) is 51.4 Å². The highest BCUT2D eigenvalue weighted by Gasteiger charge is 2.29. The van der Waals surface area contributed by atoms with Crippen LogP contribution in [0.4, 0.5) is 0 Å². The Kier molecular flexibility index (Phi) is 2.89. The van der Waals surface area contributed by atoms with Crippen LogP contribution in [0.2, 0.25) is 0 Å². The van der Waals surface area contributed by atoms with Crippen molar-refractivity contribution in [3.63, 3.8) is 0 Å². The molecule has 2 nitrogen and oxygen atoms in total. The van der Waals surface area contributed by atoms with Crippen molar-refractivity contribution in [2.45, 2.75) is 62.9 Å². The van der Waals surface area contributed by atoms with Crippen LogP contribution in [0.15, 0.2) is 0 Å². The predicted molar refractivity (Wildman–Crippen MR) is 55.6 cm³/mol. The molecule has 2 saturated carbocycles. The van der Waals surface area contributed by atoms with E-state index < -0.39 is 0 Å². The van der Waals surface area contributed by atoms with Gasteiger partial charge in [-0.15, -0.1) is 0 Å². The summed E-state index contributed by atoms with van der Waals surface area (Å²) < 4.78 is 0. The first kappa shape index (κ1) is 9.47. The van der Waals surface area contributed by atoms with E-state index in [0.717, 1.165) is 12.6 Å². The largest absolute Gasteiger partial charge is 0.324 e. The zero-order valence-corrected chi connectivity index (χ0v) is 8.52. The number of nitrogens with one attached hydrogen (secondary N) is 1. The quantitative estimate of drug-likeness (QED) is 0.698. The van der Waals surface area contributed by atoms with Crippen LogP contribution in [-0.2, 0) is 0 Å². The minimum absolute atomic E-state index is 0.141. The monoisotopic (exact) mass is 182 g/mol. The zero-order chi connectivity index (χ0) is 9.15. The Bertz CT molecular complexity index is 155. The van der Waals surface area contributed by atoms with E-state index >= 15 is 0 Å². The molecular weight excluding hydrogens is 160 g/mol. The van der Waals surface area contributed by atoms with Crippen LogP contribution in [0.5, 0.6) is 0 Å². The molecule has 0 atom stereocenters. The van der Waals surface area contributed by atoms with Gasteiger partial charge < -0.3 is 11.1 Å². The van der Waals surface area contributed by atoms with Crippen LogP contribution in [-0.4, -0.2) is 18.1 Å². The SMILES string of the molecule is NC1(CNC2CCCC2)CCCC1. The third-order valence-electron chi connectivity index (χ3n) is 3.70. The van der Waals surface area contributed by atoms with E-state index in [0.29, 0.717) is 0 Å². The van der Waals surface area contributed by atoms with E-state index in [1.807, 2.05) is 0 Å². The van der Waals surface area contributed by atoms with Crippen LogP contribution < -0.4 is 11.1 Å². The topological polar surface area (TPSA) is 38.0 Å². The number of rotatable bonds is 3. The van der Waals surface area contributed by atoms with Gasteiger partial charge in [0.05, 0.1) is 0 Å². The Hall–Kier alpha value is -0.0800. The molecule has 2 aliphatic rings. The highest BCUT2D eigenvalue weighted by molar-refractivity contribution is 4.92. The first-order chi connectivity index (χ1) is 6.29. The molecule has 0 aromatic heterocycles. The number of hydrogen-bond acceptors (Lipinski definition) is 2. The van der Waals surface area contributed by atoms with Gasteiger partial charge in [-0.3, -0.25) is 0 Å². The van der Waals surface area contributed by atoms with Gasteiger partial charge in [-0.25, -0.2) is 0 Å². The maximum Gasteiger partial charge on any atom is 0.0280 e. The summed E-state index contributed by atoms with van der Waals surface area (Å²) in [5.41, 5.74) is 6.42. The van der Waals surface area contributed by atoms with Gasteiger partial charge in [0.25, 0.3) is 0 Å². The van der Waals surface area contributed by atoms with E-state index in [1.54, 1.807) is 0 Å². The maximum atomic E-state index is 6.27. The molecule has 0 heterocycles. The number of nitrogens with two attached hydrogens (primary N) is 1. The van der Waals surface area contributed by atoms with Crippen LogP contribution in [0, 0.1) is 0 Å². The lowest BCUT2D eigenvalue weighted by atomic mass is 9.99. The lowest BCUT2D eigenvalue weighted by Gasteiger charge is -2.26. The van der Waals surface area contributed by atoms with Crippen LogP contribution >= 0.6 is 0 Å². The minimum Gasteiger partial charge on any atom is -0.324 e. The fraction of sp³-hybridized carbons (Fsp3) is 1.00. The number of hydrogen-bond donors (Lipinski definition) is 2. The fourth-order valence-electron chi connectivity index (χ4n) is 2.73.